The molecule has 2 aromatic rings. The van der Waals surface area contributed by atoms with Crippen molar-refractivity contribution < 1.29 is 10.2 Å². The van der Waals surface area contributed by atoms with Crippen LogP contribution in [0.25, 0.3) is 10.9 Å². The Balaban J connectivity index is 1.88. The summed E-state index contributed by atoms with van der Waals surface area (Å²) in [6.07, 6.45) is 2.54. The average Bonchev–Trinajstić information content (AvgIpc) is 2.94. The van der Waals surface area contributed by atoms with Crippen LogP contribution >= 0.6 is 0 Å². The number of rotatable bonds is 1. The Kier molecular flexibility index (Phi) is 2.80. The van der Waals surface area contributed by atoms with E-state index in [0.29, 0.717) is 0 Å². The number of aliphatic hydroxyl groups is 2. The molecule has 1 aromatic carbocycles. The first-order valence-corrected chi connectivity index (χ1v) is 8.91. The maximum Gasteiger partial charge on any atom is 0.157 e. The van der Waals surface area contributed by atoms with Crippen LogP contribution in [-0.2, 0) is 6.42 Å². The van der Waals surface area contributed by atoms with E-state index in [1.165, 1.54) is 16.6 Å². The zero-order chi connectivity index (χ0) is 15.8. The normalized spacial score (nSPS) is 36.2. The molecule has 4 heteroatoms. The molecule has 4 unspecified atom stereocenters. The van der Waals surface area contributed by atoms with E-state index < -0.39 is 12.3 Å². The van der Waals surface area contributed by atoms with Crippen LogP contribution in [0.1, 0.15) is 49.7 Å². The van der Waals surface area contributed by atoms with Crippen LogP contribution in [0.2, 0.25) is 0 Å². The van der Waals surface area contributed by atoms with Gasteiger partial charge in [-0.1, -0.05) is 25.1 Å². The first kappa shape index (κ1) is 14.0. The molecule has 1 aromatic heterocycles. The molecule has 0 bridgehead atoms. The van der Waals surface area contributed by atoms with Crippen LogP contribution < -0.4 is 0 Å². The lowest BCUT2D eigenvalue weighted by molar-refractivity contribution is -0.173. The molecule has 1 saturated heterocycles. The van der Waals surface area contributed by atoms with Gasteiger partial charge in [0.25, 0.3) is 0 Å². The predicted octanol–water partition coefficient (Wildman–Crippen LogP) is 2.60. The van der Waals surface area contributed by atoms with E-state index in [9.17, 15) is 10.2 Å². The van der Waals surface area contributed by atoms with Gasteiger partial charge in [-0.3, -0.25) is 4.90 Å². The SMILES string of the molecule is CCC12CCCN3CCc4c(n(c5ccccc45)C(O)C1O)C32. The second-order valence-corrected chi connectivity index (χ2v) is 7.49. The fourth-order valence-electron chi connectivity index (χ4n) is 5.71. The van der Waals surface area contributed by atoms with Gasteiger partial charge in [0, 0.05) is 23.0 Å². The minimum Gasteiger partial charge on any atom is -0.388 e. The molecule has 5 rings (SSSR count). The summed E-state index contributed by atoms with van der Waals surface area (Å²) < 4.78 is 2.03. The summed E-state index contributed by atoms with van der Waals surface area (Å²) in [6, 6.07) is 8.59. The highest BCUT2D eigenvalue weighted by Gasteiger charge is 2.57. The van der Waals surface area contributed by atoms with Gasteiger partial charge < -0.3 is 14.8 Å². The maximum atomic E-state index is 11.1. The van der Waals surface area contributed by atoms with Crippen molar-refractivity contribution in [3.8, 4) is 0 Å². The topological polar surface area (TPSA) is 48.6 Å². The van der Waals surface area contributed by atoms with Gasteiger partial charge in [0.15, 0.2) is 6.23 Å². The van der Waals surface area contributed by atoms with E-state index in [1.54, 1.807) is 0 Å². The Bertz CT molecular complexity index is 783. The summed E-state index contributed by atoms with van der Waals surface area (Å²) in [7, 11) is 0. The standard InChI is InChI=1S/C19H24N2O2/c1-2-19-9-5-10-20-11-8-13-12-6-3-4-7-14(12)21(15(13)16(19)20)18(23)17(19)22/h3-4,6-7,16-18,22-23H,2,5,8-11H2,1H3. The van der Waals surface area contributed by atoms with E-state index in [2.05, 4.69) is 30.0 Å². The van der Waals surface area contributed by atoms with Gasteiger partial charge in [-0.15, -0.1) is 0 Å². The molecule has 122 valence electrons. The second-order valence-electron chi connectivity index (χ2n) is 7.49. The number of hydrogen-bond donors (Lipinski definition) is 2. The molecule has 2 N–H and O–H groups in total. The summed E-state index contributed by atoms with van der Waals surface area (Å²) in [5.74, 6) is 0. The van der Waals surface area contributed by atoms with Crippen molar-refractivity contribution in [3.05, 3.63) is 35.5 Å². The molecule has 3 aliphatic rings. The lowest BCUT2D eigenvalue weighted by Crippen LogP contribution is -2.59. The van der Waals surface area contributed by atoms with Crippen molar-refractivity contribution in [3.63, 3.8) is 0 Å². The highest BCUT2D eigenvalue weighted by molar-refractivity contribution is 5.86. The van der Waals surface area contributed by atoms with E-state index in [-0.39, 0.29) is 11.5 Å². The quantitative estimate of drug-likeness (QED) is 0.851. The molecule has 4 heterocycles. The maximum absolute atomic E-state index is 11.1. The third-order valence-corrected chi connectivity index (χ3v) is 6.76. The minimum atomic E-state index is -0.835. The fraction of sp³-hybridized carbons (Fsp3) is 0.579. The molecule has 0 saturated carbocycles. The average molecular weight is 312 g/mol. The lowest BCUT2D eigenvalue weighted by atomic mass is 9.62. The molecule has 4 nitrogen and oxygen atoms in total. The first-order valence-electron chi connectivity index (χ1n) is 8.91. The second kappa shape index (κ2) is 4.59. The highest BCUT2D eigenvalue weighted by atomic mass is 16.3. The van der Waals surface area contributed by atoms with Crippen LogP contribution in [0.5, 0.6) is 0 Å². The van der Waals surface area contributed by atoms with Gasteiger partial charge in [-0.2, -0.15) is 0 Å². The smallest absolute Gasteiger partial charge is 0.157 e. The third kappa shape index (κ3) is 1.52. The van der Waals surface area contributed by atoms with Crippen LogP contribution in [-0.4, -0.2) is 38.9 Å². The van der Waals surface area contributed by atoms with Gasteiger partial charge in [0.1, 0.15) is 6.10 Å². The number of nitrogens with zero attached hydrogens (tertiary/aromatic N) is 2. The zero-order valence-electron chi connectivity index (χ0n) is 13.6. The molecule has 0 radical (unpaired) electrons. The van der Waals surface area contributed by atoms with Crippen LogP contribution in [0, 0.1) is 5.41 Å². The summed E-state index contributed by atoms with van der Waals surface area (Å²) in [4.78, 5) is 2.56. The number of fused-ring (bicyclic) bond motifs is 3. The Labute approximate surface area is 136 Å². The number of para-hydroxylation sites is 1. The van der Waals surface area contributed by atoms with Gasteiger partial charge in [-0.05, 0) is 43.9 Å². The lowest BCUT2D eigenvalue weighted by Gasteiger charge is -2.58. The van der Waals surface area contributed by atoms with Gasteiger partial charge >= 0.3 is 0 Å². The van der Waals surface area contributed by atoms with E-state index in [4.69, 9.17) is 0 Å². The summed E-state index contributed by atoms with van der Waals surface area (Å²) in [5, 5.41) is 23.3. The number of hydrogen-bond acceptors (Lipinski definition) is 3. The van der Waals surface area contributed by atoms with Crippen molar-refractivity contribution in [2.24, 2.45) is 5.41 Å². The van der Waals surface area contributed by atoms with Crippen LogP contribution in [0.15, 0.2) is 24.3 Å². The largest absolute Gasteiger partial charge is 0.388 e. The molecular formula is C19H24N2O2. The zero-order valence-corrected chi connectivity index (χ0v) is 13.6. The Morgan fingerprint density at radius 2 is 2.04 bits per heavy atom. The van der Waals surface area contributed by atoms with Gasteiger partial charge in [0.05, 0.1) is 11.6 Å². The Morgan fingerprint density at radius 1 is 1.22 bits per heavy atom. The van der Waals surface area contributed by atoms with Crippen molar-refractivity contribution in [2.75, 3.05) is 13.1 Å². The van der Waals surface area contributed by atoms with Crippen molar-refractivity contribution in [1.82, 2.24) is 9.47 Å². The molecule has 0 spiro atoms. The van der Waals surface area contributed by atoms with Gasteiger partial charge in [0.2, 0.25) is 0 Å². The number of benzene rings is 1. The Hall–Kier alpha value is -1.36. The molecule has 3 aliphatic heterocycles. The number of piperidine rings is 1. The molecule has 1 fully saturated rings. The minimum absolute atomic E-state index is 0.211. The van der Waals surface area contributed by atoms with Crippen molar-refractivity contribution in [1.29, 1.82) is 0 Å². The number of aliphatic hydroxyl groups excluding tert-OH is 2. The molecule has 0 amide bonds. The van der Waals surface area contributed by atoms with Gasteiger partial charge in [-0.25, -0.2) is 0 Å². The molecule has 23 heavy (non-hydrogen) atoms. The van der Waals surface area contributed by atoms with Crippen molar-refractivity contribution >= 4 is 10.9 Å². The fourth-order valence-corrected chi connectivity index (χ4v) is 5.71. The third-order valence-electron chi connectivity index (χ3n) is 6.76. The first-order chi connectivity index (χ1) is 11.2. The molecule has 4 atom stereocenters. The molecule has 0 aliphatic carbocycles. The van der Waals surface area contributed by atoms with E-state index in [1.807, 2.05) is 10.6 Å². The predicted molar refractivity (Wildman–Crippen MR) is 89.2 cm³/mol. The number of aromatic nitrogens is 1. The van der Waals surface area contributed by atoms with Crippen molar-refractivity contribution in [2.45, 2.75) is 51.0 Å². The van der Waals surface area contributed by atoms with Crippen LogP contribution in [0.3, 0.4) is 0 Å². The monoisotopic (exact) mass is 312 g/mol. The summed E-state index contributed by atoms with van der Waals surface area (Å²) >= 11 is 0. The summed E-state index contributed by atoms with van der Waals surface area (Å²) in [5.41, 5.74) is 3.53. The highest BCUT2D eigenvalue weighted by Crippen LogP contribution is 2.59. The van der Waals surface area contributed by atoms with E-state index in [0.717, 1.165) is 44.3 Å². The van der Waals surface area contributed by atoms with Crippen LogP contribution in [0.4, 0.5) is 0 Å². The van der Waals surface area contributed by atoms with E-state index >= 15 is 0 Å². The summed E-state index contributed by atoms with van der Waals surface area (Å²) in [6.45, 7) is 4.35. The Morgan fingerprint density at radius 3 is 2.87 bits per heavy atom. The molecular weight excluding hydrogens is 288 g/mol.